The number of carbonyl (C=O) groups is 1. The van der Waals surface area contributed by atoms with Crippen LogP contribution in [-0.2, 0) is 11.3 Å². The molecule has 1 amide bonds. The maximum Gasteiger partial charge on any atom is 0.231 e. The highest BCUT2D eigenvalue weighted by atomic mass is 32.1. The van der Waals surface area contributed by atoms with Crippen molar-refractivity contribution in [3.8, 4) is 0 Å². The predicted molar refractivity (Wildman–Crippen MR) is 94.4 cm³/mol. The van der Waals surface area contributed by atoms with Crippen LogP contribution in [0.15, 0.2) is 47.8 Å². The van der Waals surface area contributed by atoms with Crippen molar-refractivity contribution in [2.45, 2.75) is 12.5 Å². The maximum atomic E-state index is 12.8. The Bertz CT molecular complexity index is 606. The molecule has 122 valence electrons. The molecule has 4 nitrogen and oxygen atoms in total. The van der Waals surface area contributed by atoms with Crippen molar-refractivity contribution in [3.63, 3.8) is 0 Å². The highest BCUT2D eigenvalue weighted by Crippen LogP contribution is 2.19. The largest absolute Gasteiger partial charge is 0.340 e. The second-order valence-electron chi connectivity index (χ2n) is 5.88. The molecule has 1 saturated heterocycles. The Morgan fingerprint density at radius 2 is 1.83 bits per heavy atom. The Morgan fingerprint density at radius 1 is 1.09 bits per heavy atom. The van der Waals surface area contributed by atoms with Gasteiger partial charge < -0.3 is 10.6 Å². The van der Waals surface area contributed by atoms with Gasteiger partial charge in [-0.15, -0.1) is 11.3 Å². The molecule has 1 aromatic heterocycles. The molecule has 23 heavy (non-hydrogen) atoms. The van der Waals surface area contributed by atoms with E-state index in [1.54, 1.807) is 11.3 Å². The van der Waals surface area contributed by atoms with E-state index in [2.05, 4.69) is 22.4 Å². The summed E-state index contributed by atoms with van der Waals surface area (Å²) in [6.07, 6.45) is 0. The van der Waals surface area contributed by atoms with Crippen molar-refractivity contribution >= 4 is 17.2 Å². The number of nitrogens with two attached hydrogens (primary N) is 1. The molecule has 0 spiro atoms. The zero-order valence-electron chi connectivity index (χ0n) is 13.2. The Labute approximate surface area is 141 Å². The highest BCUT2D eigenvalue weighted by Gasteiger charge is 2.27. The third-order valence-corrected chi connectivity index (χ3v) is 5.24. The van der Waals surface area contributed by atoms with Gasteiger partial charge in [0.2, 0.25) is 5.91 Å². The lowest BCUT2D eigenvalue weighted by atomic mass is 9.97. The van der Waals surface area contributed by atoms with E-state index in [0.29, 0.717) is 6.54 Å². The Balaban J connectivity index is 1.57. The van der Waals surface area contributed by atoms with Crippen LogP contribution in [0.1, 0.15) is 16.4 Å². The van der Waals surface area contributed by atoms with Gasteiger partial charge in [-0.2, -0.15) is 0 Å². The van der Waals surface area contributed by atoms with E-state index in [1.807, 2.05) is 35.2 Å². The van der Waals surface area contributed by atoms with Crippen molar-refractivity contribution < 1.29 is 4.79 Å². The fourth-order valence-corrected chi connectivity index (χ4v) is 3.78. The summed E-state index contributed by atoms with van der Waals surface area (Å²) in [7, 11) is 0. The van der Waals surface area contributed by atoms with Crippen molar-refractivity contribution in [3.05, 3.63) is 58.3 Å². The summed E-state index contributed by atoms with van der Waals surface area (Å²) in [5.41, 5.74) is 6.89. The molecule has 2 heterocycles. The Kier molecular flexibility index (Phi) is 5.43. The van der Waals surface area contributed by atoms with Crippen LogP contribution in [-0.4, -0.2) is 48.4 Å². The van der Waals surface area contributed by atoms with Crippen LogP contribution < -0.4 is 5.73 Å². The molecule has 2 aromatic rings. The molecule has 0 bridgehead atoms. The second-order valence-corrected chi connectivity index (χ2v) is 6.91. The van der Waals surface area contributed by atoms with Gasteiger partial charge in [0.15, 0.2) is 0 Å². The number of hydrogen-bond acceptors (Lipinski definition) is 4. The molecule has 2 N–H and O–H groups in total. The first-order valence-corrected chi connectivity index (χ1v) is 8.94. The molecule has 1 aliphatic rings. The summed E-state index contributed by atoms with van der Waals surface area (Å²) in [4.78, 5) is 18.5. The normalized spacial score (nSPS) is 17.2. The molecule has 1 aromatic carbocycles. The summed E-state index contributed by atoms with van der Waals surface area (Å²) in [5, 5.41) is 2.11. The van der Waals surface area contributed by atoms with E-state index in [1.165, 1.54) is 4.88 Å². The van der Waals surface area contributed by atoms with Gasteiger partial charge in [0.05, 0.1) is 5.92 Å². The van der Waals surface area contributed by atoms with Crippen molar-refractivity contribution in [2.24, 2.45) is 5.73 Å². The number of hydrogen-bond donors (Lipinski definition) is 1. The van der Waals surface area contributed by atoms with Gasteiger partial charge in [0.1, 0.15) is 0 Å². The zero-order chi connectivity index (χ0) is 16.1. The van der Waals surface area contributed by atoms with E-state index < -0.39 is 0 Å². The Morgan fingerprint density at radius 3 is 2.43 bits per heavy atom. The van der Waals surface area contributed by atoms with E-state index in [4.69, 9.17) is 5.73 Å². The van der Waals surface area contributed by atoms with Crippen LogP contribution in [0, 0.1) is 0 Å². The minimum atomic E-state index is -0.222. The molecule has 1 unspecified atom stereocenters. The fourth-order valence-electron chi connectivity index (χ4n) is 3.03. The number of benzene rings is 1. The minimum absolute atomic E-state index is 0.162. The maximum absolute atomic E-state index is 12.8. The molecule has 5 heteroatoms. The minimum Gasteiger partial charge on any atom is -0.340 e. The molecular formula is C18H23N3OS. The van der Waals surface area contributed by atoms with Crippen molar-refractivity contribution in [1.82, 2.24) is 9.80 Å². The molecule has 1 atom stereocenters. The highest BCUT2D eigenvalue weighted by molar-refractivity contribution is 7.09. The van der Waals surface area contributed by atoms with Gasteiger partial charge in [-0.25, -0.2) is 0 Å². The van der Waals surface area contributed by atoms with E-state index >= 15 is 0 Å². The first kappa shape index (κ1) is 16.2. The topological polar surface area (TPSA) is 49.6 Å². The molecule has 1 fully saturated rings. The monoisotopic (exact) mass is 329 g/mol. The zero-order valence-corrected chi connectivity index (χ0v) is 14.0. The van der Waals surface area contributed by atoms with Gasteiger partial charge in [-0.3, -0.25) is 9.69 Å². The quantitative estimate of drug-likeness (QED) is 0.914. The second kappa shape index (κ2) is 7.73. The van der Waals surface area contributed by atoms with E-state index in [9.17, 15) is 4.79 Å². The van der Waals surface area contributed by atoms with Gasteiger partial charge in [0.25, 0.3) is 0 Å². The molecule has 0 saturated carbocycles. The summed E-state index contributed by atoms with van der Waals surface area (Å²) in [6, 6.07) is 14.1. The van der Waals surface area contributed by atoms with Crippen molar-refractivity contribution in [1.29, 1.82) is 0 Å². The van der Waals surface area contributed by atoms with Gasteiger partial charge >= 0.3 is 0 Å². The third kappa shape index (κ3) is 3.99. The van der Waals surface area contributed by atoms with E-state index in [-0.39, 0.29) is 11.8 Å². The number of piperazine rings is 1. The molecule has 0 aliphatic carbocycles. The third-order valence-electron chi connectivity index (χ3n) is 4.38. The molecule has 3 rings (SSSR count). The SMILES string of the molecule is NCC(C(=O)N1CCN(Cc2cccs2)CC1)c1ccccc1. The van der Waals surface area contributed by atoms with Crippen LogP contribution in [0.3, 0.4) is 0 Å². The van der Waals surface area contributed by atoms with Crippen LogP contribution in [0.5, 0.6) is 0 Å². The molecule has 1 aliphatic heterocycles. The number of rotatable bonds is 5. The first-order chi connectivity index (χ1) is 11.3. The average Bonchev–Trinajstić information content (AvgIpc) is 3.10. The van der Waals surface area contributed by atoms with Gasteiger partial charge in [-0.1, -0.05) is 36.4 Å². The first-order valence-electron chi connectivity index (χ1n) is 8.06. The van der Waals surface area contributed by atoms with Crippen LogP contribution in [0.4, 0.5) is 0 Å². The summed E-state index contributed by atoms with van der Waals surface area (Å²) in [6.45, 7) is 4.77. The van der Waals surface area contributed by atoms with Gasteiger partial charge in [-0.05, 0) is 17.0 Å². The lowest BCUT2D eigenvalue weighted by molar-refractivity contribution is -0.134. The number of amides is 1. The molecular weight excluding hydrogens is 306 g/mol. The smallest absolute Gasteiger partial charge is 0.231 e. The Hall–Kier alpha value is -1.69. The lowest BCUT2D eigenvalue weighted by Gasteiger charge is -2.36. The van der Waals surface area contributed by atoms with E-state index in [0.717, 1.165) is 38.3 Å². The summed E-state index contributed by atoms with van der Waals surface area (Å²) >= 11 is 1.79. The summed E-state index contributed by atoms with van der Waals surface area (Å²) in [5.74, 6) is -0.0606. The standard InChI is InChI=1S/C18H23N3OS/c19-13-17(15-5-2-1-3-6-15)18(22)21-10-8-20(9-11-21)14-16-7-4-12-23-16/h1-7,12,17H,8-11,13-14,19H2. The van der Waals surface area contributed by atoms with Crippen LogP contribution in [0.25, 0.3) is 0 Å². The summed E-state index contributed by atoms with van der Waals surface area (Å²) < 4.78 is 0. The lowest BCUT2D eigenvalue weighted by Crippen LogP contribution is -2.50. The predicted octanol–water partition coefficient (Wildman–Crippen LogP) is 2.13. The fraction of sp³-hybridized carbons (Fsp3) is 0.389. The molecule has 0 radical (unpaired) electrons. The van der Waals surface area contributed by atoms with Crippen LogP contribution >= 0.6 is 11.3 Å². The average molecular weight is 329 g/mol. The van der Waals surface area contributed by atoms with Crippen molar-refractivity contribution in [2.75, 3.05) is 32.7 Å². The van der Waals surface area contributed by atoms with Crippen LogP contribution in [0.2, 0.25) is 0 Å². The number of nitrogens with zero attached hydrogens (tertiary/aromatic N) is 2. The number of carbonyl (C=O) groups excluding carboxylic acids is 1. The number of thiophene rings is 1. The van der Waals surface area contributed by atoms with Gasteiger partial charge in [0, 0.05) is 44.1 Å².